The van der Waals surface area contributed by atoms with Crippen LogP contribution in [0, 0.1) is 0 Å². The van der Waals surface area contributed by atoms with Crippen molar-refractivity contribution in [2.75, 3.05) is 10.6 Å². The maximum atomic E-state index is 6.55. The Morgan fingerprint density at radius 2 is 1.32 bits per heavy atom. The molecule has 1 aliphatic carbocycles. The van der Waals surface area contributed by atoms with E-state index in [1.165, 1.54) is 38.7 Å². The van der Waals surface area contributed by atoms with Gasteiger partial charge in [0.2, 0.25) is 0 Å². The molecule has 9 aromatic rings. The predicted molar refractivity (Wildman–Crippen MR) is 209 cm³/mol. The Morgan fingerprint density at radius 1 is 0.620 bits per heavy atom. The van der Waals surface area contributed by atoms with E-state index in [9.17, 15) is 0 Å². The van der Waals surface area contributed by atoms with E-state index in [2.05, 4.69) is 157 Å². The SMILES string of the molecule is CC1(C)c2cc(CN(c3ccccc3)c3ccccc3N)ccc2-c2ccc(-n3c4ccccc4c4c5oc6ccccc6c5ccc43)cc21. The van der Waals surface area contributed by atoms with Crippen LogP contribution in [0.2, 0.25) is 0 Å². The first kappa shape index (κ1) is 28.7. The van der Waals surface area contributed by atoms with Gasteiger partial charge in [0.25, 0.3) is 0 Å². The number of para-hydroxylation sites is 5. The van der Waals surface area contributed by atoms with Gasteiger partial charge in [-0.15, -0.1) is 0 Å². The van der Waals surface area contributed by atoms with E-state index in [4.69, 9.17) is 10.2 Å². The molecule has 0 radical (unpaired) electrons. The standard InChI is InChI=1S/C46H35N3O/c1-46(2)37-26-29(28-48(30-12-4-3-5-13-30)41-18-10-8-16-39(41)47)20-22-32(37)33-23-21-31(27-38(33)46)49-40-17-9-6-15-36(40)44-42(49)25-24-35-34-14-7-11-19-43(34)50-45(35)44/h3-27H,28,47H2,1-2H3. The maximum absolute atomic E-state index is 6.55. The lowest BCUT2D eigenvalue weighted by Gasteiger charge is -2.28. The Morgan fingerprint density at radius 3 is 2.16 bits per heavy atom. The molecule has 0 fully saturated rings. The van der Waals surface area contributed by atoms with E-state index in [1.807, 2.05) is 18.2 Å². The van der Waals surface area contributed by atoms with Gasteiger partial charge >= 0.3 is 0 Å². The van der Waals surface area contributed by atoms with Gasteiger partial charge in [-0.2, -0.15) is 0 Å². The second-order valence-electron chi connectivity index (χ2n) is 14.0. The molecule has 0 aliphatic heterocycles. The second-order valence-corrected chi connectivity index (χ2v) is 14.0. The summed E-state index contributed by atoms with van der Waals surface area (Å²) in [6.45, 7) is 5.43. The van der Waals surface area contributed by atoms with Gasteiger partial charge in [0, 0.05) is 39.5 Å². The summed E-state index contributed by atoms with van der Waals surface area (Å²) in [6.07, 6.45) is 0. The third-order valence-electron chi connectivity index (χ3n) is 10.8. The monoisotopic (exact) mass is 645 g/mol. The fourth-order valence-corrected chi connectivity index (χ4v) is 8.36. The van der Waals surface area contributed by atoms with E-state index in [-0.39, 0.29) is 5.41 Å². The number of anilines is 3. The first-order valence-electron chi connectivity index (χ1n) is 17.3. The van der Waals surface area contributed by atoms with Crippen molar-refractivity contribution in [3.05, 3.63) is 168 Å². The first-order chi connectivity index (χ1) is 24.5. The number of nitrogens with two attached hydrogens (primary N) is 1. The van der Waals surface area contributed by atoms with Crippen molar-refractivity contribution in [3.8, 4) is 16.8 Å². The average molecular weight is 646 g/mol. The summed E-state index contributed by atoms with van der Waals surface area (Å²) in [4.78, 5) is 2.31. The van der Waals surface area contributed by atoms with Crippen molar-refractivity contribution in [2.45, 2.75) is 25.8 Å². The Labute approximate surface area is 290 Å². The summed E-state index contributed by atoms with van der Waals surface area (Å²) < 4.78 is 8.96. The van der Waals surface area contributed by atoms with Gasteiger partial charge in [-0.25, -0.2) is 0 Å². The Bertz CT molecular complexity index is 2790. The molecular weight excluding hydrogens is 611 g/mol. The largest absolute Gasteiger partial charge is 0.455 e. The maximum Gasteiger partial charge on any atom is 0.145 e. The van der Waals surface area contributed by atoms with Crippen LogP contribution in [-0.4, -0.2) is 4.57 Å². The molecular formula is C46H35N3O. The molecule has 0 spiro atoms. The molecule has 0 atom stereocenters. The van der Waals surface area contributed by atoms with E-state index >= 15 is 0 Å². The van der Waals surface area contributed by atoms with Crippen LogP contribution < -0.4 is 10.6 Å². The third-order valence-corrected chi connectivity index (χ3v) is 10.8. The van der Waals surface area contributed by atoms with Crippen LogP contribution in [0.3, 0.4) is 0 Å². The Hall–Kier alpha value is -6.26. The zero-order chi connectivity index (χ0) is 33.6. The van der Waals surface area contributed by atoms with Crippen molar-refractivity contribution in [2.24, 2.45) is 0 Å². The smallest absolute Gasteiger partial charge is 0.145 e. The van der Waals surface area contributed by atoms with Crippen LogP contribution in [0.25, 0.3) is 60.6 Å². The number of aromatic nitrogens is 1. The number of nitrogen functional groups attached to an aromatic ring is 1. The molecule has 50 heavy (non-hydrogen) atoms. The van der Waals surface area contributed by atoms with E-state index in [0.29, 0.717) is 6.54 Å². The van der Waals surface area contributed by atoms with Crippen LogP contribution in [0.1, 0.15) is 30.5 Å². The molecule has 0 amide bonds. The molecule has 4 heteroatoms. The van der Waals surface area contributed by atoms with Gasteiger partial charge in [0.15, 0.2) is 0 Å². The highest BCUT2D eigenvalue weighted by Crippen LogP contribution is 2.50. The van der Waals surface area contributed by atoms with Crippen molar-refractivity contribution in [1.29, 1.82) is 0 Å². The molecule has 4 nitrogen and oxygen atoms in total. The zero-order valence-corrected chi connectivity index (χ0v) is 28.0. The van der Waals surface area contributed by atoms with Crippen molar-refractivity contribution >= 4 is 60.8 Å². The van der Waals surface area contributed by atoms with Crippen LogP contribution in [0.15, 0.2) is 156 Å². The quantitative estimate of drug-likeness (QED) is 0.189. The minimum absolute atomic E-state index is 0.190. The van der Waals surface area contributed by atoms with Crippen molar-refractivity contribution < 1.29 is 4.42 Å². The van der Waals surface area contributed by atoms with Gasteiger partial charge in [0.05, 0.1) is 27.8 Å². The van der Waals surface area contributed by atoms with Gasteiger partial charge in [-0.1, -0.05) is 105 Å². The molecule has 7 aromatic carbocycles. The van der Waals surface area contributed by atoms with Crippen LogP contribution in [0.4, 0.5) is 17.1 Å². The number of benzene rings is 7. The predicted octanol–water partition coefficient (Wildman–Crippen LogP) is 11.9. The molecule has 1 aliphatic rings. The van der Waals surface area contributed by atoms with Crippen LogP contribution in [-0.2, 0) is 12.0 Å². The van der Waals surface area contributed by atoms with Gasteiger partial charge in [-0.3, -0.25) is 0 Å². The molecule has 10 rings (SSSR count). The fourth-order valence-electron chi connectivity index (χ4n) is 8.36. The molecule has 2 heterocycles. The lowest BCUT2D eigenvalue weighted by atomic mass is 9.82. The topological polar surface area (TPSA) is 47.3 Å². The second kappa shape index (κ2) is 10.6. The molecule has 0 bridgehead atoms. The fraction of sp³-hybridized carbons (Fsp3) is 0.0870. The van der Waals surface area contributed by atoms with Crippen LogP contribution >= 0.6 is 0 Å². The molecule has 240 valence electrons. The number of hydrogen-bond acceptors (Lipinski definition) is 3. The van der Waals surface area contributed by atoms with Gasteiger partial charge < -0.3 is 19.6 Å². The van der Waals surface area contributed by atoms with E-state index < -0.39 is 0 Å². The lowest BCUT2D eigenvalue weighted by Crippen LogP contribution is -2.19. The Kier molecular flexibility index (Phi) is 6.10. The van der Waals surface area contributed by atoms with Gasteiger partial charge in [-0.05, 0) is 88.5 Å². The number of nitrogens with zero attached hydrogens (tertiary/aromatic N) is 2. The number of hydrogen-bond donors (Lipinski definition) is 1. The van der Waals surface area contributed by atoms with E-state index in [1.54, 1.807) is 0 Å². The zero-order valence-electron chi connectivity index (χ0n) is 28.0. The van der Waals surface area contributed by atoms with E-state index in [0.717, 1.165) is 55.6 Å². The molecule has 0 saturated carbocycles. The third kappa shape index (κ3) is 4.12. The summed E-state index contributed by atoms with van der Waals surface area (Å²) in [5.41, 5.74) is 21.1. The normalized spacial score (nSPS) is 13.3. The highest BCUT2D eigenvalue weighted by molar-refractivity contribution is 6.23. The first-order valence-corrected chi connectivity index (χ1v) is 17.3. The summed E-state index contributed by atoms with van der Waals surface area (Å²) in [5, 5.41) is 4.65. The van der Waals surface area contributed by atoms with Crippen molar-refractivity contribution in [1.82, 2.24) is 4.57 Å². The summed E-state index contributed by atoms with van der Waals surface area (Å²) >= 11 is 0. The molecule has 0 saturated heterocycles. The van der Waals surface area contributed by atoms with Gasteiger partial charge in [0.1, 0.15) is 11.2 Å². The summed E-state index contributed by atoms with van der Waals surface area (Å²) in [7, 11) is 0. The number of fused-ring (bicyclic) bond motifs is 10. The highest BCUT2D eigenvalue weighted by atomic mass is 16.3. The Balaban J connectivity index is 1.09. The summed E-state index contributed by atoms with van der Waals surface area (Å²) in [5.74, 6) is 0. The van der Waals surface area contributed by atoms with Crippen LogP contribution in [0.5, 0.6) is 0 Å². The minimum Gasteiger partial charge on any atom is -0.455 e. The molecule has 2 aromatic heterocycles. The number of rotatable bonds is 5. The lowest BCUT2D eigenvalue weighted by molar-refractivity contribution is 0.658. The molecule has 2 N–H and O–H groups in total. The summed E-state index contributed by atoms with van der Waals surface area (Å²) in [6, 6.07) is 54.1. The minimum atomic E-state index is -0.190. The average Bonchev–Trinajstić information content (AvgIpc) is 3.77. The molecule has 0 unspecified atom stereocenters. The van der Waals surface area contributed by atoms with Crippen molar-refractivity contribution in [3.63, 3.8) is 0 Å². The number of furan rings is 1. The highest BCUT2D eigenvalue weighted by Gasteiger charge is 2.36.